The van der Waals surface area contributed by atoms with E-state index in [1.165, 1.54) is 86.2 Å². The van der Waals surface area contributed by atoms with Gasteiger partial charge >= 0.3 is 0 Å². The van der Waals surface area contributed by atoms with Crippen molar-refractivity contribution >= 4 is 129 Å². The lowest BCUT2D eigenvalue weighted by Crippen LogP contribution is -2.34. The second-order valence-corrected chi connectivity index (χ2v) is 18.0. The van der Waals surface area contributed by atoms with Crippen LogP contribution in [0.5, 0.6) is 0 Å². The molecule has 4 unspecified atom stereocenters. The summed E-state index contributed by atoms with van der Waals surface area (Å²) in [7, 11) is 0. The molecule has 17 rings (SSSR count). The van der Waals surface area contributed by atoms with Gasteiger partial charge in [0.25, 0.3) is 11.1 Å². The number of aromatic nitrogens is 2. The molecule has 4 aliphatic rings. The summed E-state index contributed by atoms with van der Waals surface area (Å²) in [5, 5.41) is 27.4. The summed E-state index contributed by atoms with van der Waals surface area (Å²) in [6.45, 7) is 0. The normalized spacial score (nSPS) is 20.4. The summed E-state index contributed by atoms with van der Waals surface area (Å²) in [5.74, 6) is 0. The first-order chi connectivity index (χ1) is 30.6. The van der Waals surface area contributed by atoms with Crippen LogP contribution in [0, 0.1) is 0 Å². The molecule has 13 aromatic rings. The minimum Gasteiger partial charge on any atom is -0.283 e. The molecule has 284 valence electrons. The summed E-state index contributed by atoms with van der Waals surface area (Å²) in [6.07, 6.45) is 16.5. The van der Waals surface area contributed by atoms with Gasteiger partial charge in [-0.05, 0) is 121 Å². The fourth-order valence-corrected chi connectivity index (χ4v) is 13.1. The molecule has 2 aliphatic carbocycles. The first-order valence-electron chi connectivity index (χ1n) is 21.6. The predicted molar refractivity (Wildman–Crippen MR) is 254 cm³/mol. The van der Waals surface area contributed by atoms with Crippen LogP contribution in [-0.4, -0.2) is 21.2 Å². The van der Waals surface area contributed by atoms with Crippen LogP contribution >= 0.6 is 0 Å². The number of rotatable bonds is 0. The van der Waals surface area contributed by atoms with Gasteiger partial charge in [0.15, 0.2) is 0 Å². The van der Waals surface area contributed by atoms with Crippen LogP contribution in [0.1, 0.15) is 12.1 Å². The molecule has 11 aromatic carbocycles. The highest BCUT2D eigenvalue weighted by Crippen LogP contribution is 2.51. The van der Waals surface area contributed by atoms with Crippen molar-refractivity contribution in [1.29, 1.82) is 0 Å². The van der Waals surface area contributed by atoms with Gasteiger partial charge in [-0.1, -0.05) is 121 Å². The molecule has 0 N–H and O–H groups in total. The largest absolute Gasteiger partial charge is 0.283 e. The summed E-state index contributed by atoms with van der Waals surface area (Å²) >= 11 is 0. The standard InChI is InChI=1S/C56H28N4O2/c61-55-39-23-19-35-31-15-11-27-28-12-16-32-36-20-24-40-52-38(54-58-42-6-2-4-8-44(42)60(54)56(40)62)22-18-34(50(36)52)30-14-10-26(46(28)48(30)32)25-9-13-29(47(31)45(25)27)33-17-21-37(51(39)49(33)35)53-57-41-5-1-3-7-43(41)59(53)55/h1-24,41-44H. The minimum atomic E-state index is -0.0906. The maximum absolute atomic E-state index is 14.3. The number of benzene rings is 11. The van der Waals surface area contributed by atoms with Crippen molar-refractivity contribution in [3.05, 3.63) is 177 Å². The highest BCUT2D eigenvalue weighted by Gasteiger charge is 2.32. The van der Waals surface area contributed by atoms with Crippen LogP contribution in [0.2, 0.25) is 0 Å². The Balaban J connectivity index is 0.985. The van der Waals surface area contributed by atoms with Crippen molar-refractivity contribution in [3.8, 4) is 0 Å². The second-order valence-electron chi connectivity index (χ2n) is 18.0. The van der Waals surface area contributed by atoms with Crippen molar-refractivity contribution in [2.45, 2.75) is 24.2 Å². The molecule has 6 nitrogen and oxygen atoms in total. The average Bonchev–Trinajstić information content (AvgIpc) is 3.91. The number of hydrogen-bond acceptors (Lipinski definition) is 4. The molecule has 62 heavy (non-hydrogen) atoms. The maximum atomic E-state index is 14.3. The highest BCUT2D eigenvalue weighted by molar-refractivity contribution is 6.47. The average molecular weight is 789 g/mol. The monoisotopic (exact) mass is 788 g/mol. The smallest absolute Gasteiger partial charge is 0.260 e. The Morgan fingerprint density at radius 3 is 0.806 bits per heavy atom. The van der Waals surface area contributed by atoms with Crippen molar-refractivity contribution in [2.24, 2.45) is 9.98 Å². The number of pyridine rings is 2. The van der Waals surface area contributed by atoms with E-state index in [0.717, 1.165) is 54.1 Å². The Labute approximate surface area is 348 Å². The van der Waals surface area contributed by atoms with E-state index in [-0.39, 0.29) is 35.3 Å². The van der Waals surface area contributed by atoms with Gasteiger partial charge in [-0.2, -0.15) is 0 Å². The summed E-state index contributed by atoms with van der Waals surface area (Å²) < 4.78 is 3.82. The molecular formula is C56H28N4O2. The molecule has 0 saturated carbocycles. The number of allylic oxidation sites excluding steroid dienone is 4. The molecule has 0 saturated heterocycles. The quantitative estimate of drug-likeness (QED) is 0.113. The number of hydrogen-bond donors (Lipinski definition) is 0. The molecule has 2 aliphatic heterocycles. The lowest BCUT2D eigenvalue weighted by atomic mass is 9.81. The molecule has 4 atom stereocenters. The molecule has 0 amide bonds. The van der Waals surface area contributed by atoms with Gasteiger partial charge in [-0.25, -0.2) is 0 Å². The zero-order chi connectivity index (χ0) is 40.0. The lowest BCUT2D eigenvalue weighted by Gasteiger charge is -2.22. The number of nitrogens with zero attached hydrogens (tertiary/aromatic N) is 4. The van der Waals surface area contributed by atoms with Crippen LogP contribution in [0.4, 0.5) is 0 Å². The van der Waals surface area contributed by atoms with E-state index in [2.05, 4.69) is 121 Å². The molecule has 0 radical (unpaired) electrons. The maximum Gasteiger partial charge on any atom is 0.260 e. The van der Waals surface area contributed by atoms with Gasteiger partial charge in [0.1, 0.15) is 11.0 Å². The van der Waals surface area contributed by atoms with Crippen molar-refractivity contribution in [1.82, 2.24) is 9.13 Å². The van der Waals surface area contributed by atoms with Gasteiger partial charge in [0.05, 0.1) is 24.2 Å². The van der Waals surface area contributed by atoms with Gasteiger partial charge in [-0.3, -0.25) is 28.7 Å². The topological polar surface area (TPSA) is 68.7 Å². The van der Waals surface area contributed by atoms with E-state index in [1.807, 2.05) is 33.4 Å². The van der Waals surface area contributed by atoms with E-state index < -0.39 is 0 Å². The zero-order valence-corrected chi connectivity index (χ0v) is 32.8. The Hall–Kier alpha value is -7.96. The third kappa shape index (κ3) is 3.19. The lowest BCUT2D eigenvalue weighted by molar-refractivity contribution is 0.577. The SMILES string of the molecule is O=c1c2ccc3c4ccc5c6ccc7c8ccc9c(=O)n%10c(c%11ccc(c%12ccc(c%13ccc(c%14ccc(c%15n1C1C=CC=CC1N=%15)c2c3%14)c4c5%13)c6c7%12)c8c9%11)=NC1C=CC=CC1%10. The summed E-state index contributed by atoms with van der Waals surface area (Å²) in [5.41, 5.74) is 1.62. The minimum absolute atomic E-state index is 0.0270. The van der Waals surface area contributed by atoms with Crippen LogP contribution in [0.15, 0.2) is 165 Å². The van der Waals surface area contributed by atoms with E-state index >= 15 is 0 Å². The molecule has 2 aromatic heterocycles. The van der Waals surface area contributed by atoms with Gasteiger partial charge in [0, 0.05) is 32.3 Å². The van der Waals surface area contributed by atoms with Gasteiger partial charge in [0.2, 0.25) is 0 Å². The highest BCUT2D eigenvalue weighted by atomic mass is 16.1. The fourth-order valence-electron chi connectivity index (χ4n) is 13.1. The van der Waals surface area contributed by atoms with E-state index in [9.17, 15) is 9.59 Å². The van der Waals surface area contributed by atoms with Crippen LogP contribution in [-0.2, 0) is 0 Å². The van der Waals surface area contributed by atoms with Crippen molar-refractivity contribution < 1.29 is 0 Å². The molecule has 0 bridgehead atoms. The van der Waals surface area contributed by atoms with Gasteiger partial charge in [-0.15, -0.1) is 0 Å². The number of fused-ring (bicyclic) bond motifs is 14. The van der Waals surface area contributed by atoms with Crippen molar-refractivity contribution in [2.75, 3.05) is 0 Å². The first kappa shape index (κ1) is 31.0. The Bertz CT molecular complexity index is 4330. The molecular weight excluding hydrogens is 761 g/mol. The van der Waals surface area contributed by atoms with E-state index in [1.54, 1.807) is 0 Å². The Morgan fingerprint density at radius 1 is 0.290 bits per heavy atom. The molecule has 0 spiro atoms. The first-order valence-corrected chi connectivity index (χ1v) is 21.6. The van der Waals surface area contributed by atoms with E-state index in [0.29, 0.717) is 0 Å². The molecule has 4 heterocycles. The Kier molecular flexibility index (Phi) is 4.98. The van der Waals surface area contributed by atoms with Gasteiger partial charge < -0.3 is 0 Å². The third-order valence-electron chi connectivity index (χ3n) is 15.5. The van der Waals surface area contributed by atoms with Crippen LogP contribution in [0.3, 0.4) is 0 Å². The van der Waals surface area contributed by atoms with Crippen LogP contribution in [0.25, 0.3) is 129 Å². The van der Waals surface area contributed by atoms with Crippen molar-refractivity contribution in [3.63, 3.8) is 0 Å². The predicted octanol–water partition coefficient (Wildman–Crippen LogP) is 10.9. The fraction of sp³-hybridized carbons (Fsp3) is 0.0714. The summed E-state index contributed by atoms with van der Waals surface area (Å²) in [6, 6.07) is 35.7. The van der Waals surface area contributed by atoms with Crippen LogP contribution < -0.4 is 22.1 Å². The Morgan fingerprint density at radius 2 is 0.516 bits per heavy atom. The molecule has 0 fully saturated rings. The van der Waals surface area contributed by atoms with E-state index in [4.69, 9.17) is 9.98 Å². The zero-order valence-electron chi connectivity index (χ0n) is 32.8. The third-order valence-corrected chi connectivity index (χ3v) is 15.5. The summed E-state index contributed by atoms with van der Waals surface area (Å²) in [4.78, 5) is 38.9. The second kappa shape index (κ2) is 9.97. The molecule has 6 heteroatoms.